The third kappa shape index (κ3) is 2.56. The standard InChI is InChI=1S/C15H15N3O3/c19-14(18-11-5-1-3-9(11)15(20)21)10-4-2-6-12-13(10)17-8-7-16-12/h2,4,6-9,11H,1,3,5H2,(H,18,19)(H,20,21). The predicted molar refractivity (Wildman–Crippen MR) is 75.8 cm³/mol. The predicted octanol–water partition coefficient (Wildman–Crippen LogP) is 1.61. The average molecular weight is 285 g/mol. The van der Waals surface area contributed by atoms with Crippen LogP contribution in [0.25, 0.3) is 11.0 Å². The van der Waals surface area contributed by atoms with Gasteiger partial charge in [0.1, 0.15) is 5.52 Å². The fourth-order valence-electron chi connectivity index (χ4n) is 2.85. The third-order valence-corrected chi connectivity index (χ3v) is 3.89. The van der Waals surface area contributed by atoms with Crippen LogP contribution in [0.5, 0.6) is 0 Å². The van der Waals surface area contributed by atoms with Crippen molar-refractivity contribution in [3.63, 3.8) is 0 Å². The van der Waals surface area contributed by atoms with E-state index in [9.17, 15) is 9.59 Å². The van der Waals surface area contributed by atoms with Crippen LogP contribution >= 0.6 is 0 Å². The average Bonchev–Trinajstić information content (AvgIpc) is 2.95. The highest BCUT2D eigenvalue weighted by molar-refractivity contribution is 6.04. The van der Waals surface area contributed by atoms with Crippen molar-refractivity contribution >= 4 is 22.9 Å². The first-order valence-electron chi connectivity index (χ1n) is 6.90. The van der Waals surface area contributed by atoms with Gasteiger partial charge in [-0.3, -0.25) is 19.6 Å². The number of carboxylic acids is 1. The van der Waals surface area contributed by atoms with Gasteiger partial charge < -0.3 is 10.4 Å². The molecule has 2 aromatic rings. The number of hydrogen-bond donors (Lipinski definition) is 2. The van der Waals surface area contributed by atoms with Crippen molar-refractivity contribution < 1.29 is 14.7 Å². The first-order chi connectivity index (χ1) is 10.2. The van der Waals surface area contributed by atoms with Crippen LogP contribution in [-0.2, 0) is 4.79 Å². The van der Waals surface area contributed by atoms with Crippen LogP contribution in [0.3, 0.4) is 0 Å². The molecule has 0 radical (unpaired) electrons. The molecule has 1 aliphatic rings. The molecule has 0 spiro atoms. The molecule has 6 nitrogen and oxygen atoms in total. The highest BCUT2D eigenvalue weighted by atomic mass is 16.4. The monoisotopic (exact) mass is 285 g/mol. The molecule has 6 heteroatoms. The smallest absolute Gasteiger partial charge is 0.308 e. The van der Waals surface area contributed by atoms with Crippen LogP contribution in [0.2, 0.25) is 0 Å². The zero-order valence-electron chi connectivity index (χ0n) is 11.3. The summed E-state index contributed by atoms with van der Waals surface area (Å²) in [5, 5.41) is 12.0. The lowest BCUT2D eigenvalue weighted by atomic mass is 10.0. The Hall–Kier alpha value is -2.50. The van der Waals surface area contributed by atoms with E-state index in [2.05, 4.69) is 15.3 Å². The molecule has 0 bridgehead atoms. The minimum atomic E-state index is -0.851. The minimum absolute atomic E-state index is 0.292. The Morgan fingerprint density at radius 3 is 2.81 bits per heavy atom. The molecule has 1 heterocycles. The van der Waals surface area contributed by atoms with E-state index in [1.165, 1.54) is 6.20 Å². The number of aromatic nitrogens is 2. The Morgan fingerprint density at radius 2 is 2.00 bits per heavy atom. The van der Waals surface area contributed by atoms with Crippen LogP contribution in [0.1, 0.15) is 29.6 Å². The van der Waals surface area contributed by atoms with Gasteiger partial charge in [0.2, 0.25) is 0 Å². The molecule has 21 heavy (non-hydrogen) atoms. The Labute approximate surface area is 121 Å². The second-order valence-electron chi connectivity index (χ2n) is 5.19. The maximum Gasteiger partial charge on any atom is 0.308 e. The van der Waals surface area contributed by atoms with Crippen molar-refractivity contribution in [1.29, 1.82) is 0 Å². The second-order valence-corrected chi connectivity index (χ2v) is 5.19. The number of rotatable bonds is 3. The quantitative estimate of drug-likeness (QED) is 0.893. The van der Waals surface area contributed by atoms with Gasteiger partial charge in [-0.2, -0.15) is 0 Å². The van der Waals surface area contributed by atoms with Crippen molar-refractivity contribution in [3.05, 3.63) is 36.2 Å². The largest absolute Gasteiger partial charge is 0.481 e. The van der Waals surface area contributed by atoms with Gasteiger partial charge in [0, 0.05) is 18.4 Å². The van der Waals surface area contributed by atoms with Gasteiger partial charge in [0.15, 0.2) is 0 Å². The summed E-state index contributed by atoms with van der Waals surface area (Å²) >= 11 is 0. The van der Waals surface area contributed by atoms with E-state index < -0.39 is 11.9 Å². The molecular weight excluding hydrogens is 270 g/mol. The molecule has 1 aliphatic carbocycles. The molecule has 3 rings (SSSR count). The number of carbonyl (C=O) groups is 2. The molecule has 108 valence electrons. The van der Waals surface area contributed by atoms with E-state index in [0.717, 1.165) is 6.42 Å². The topological polar surface area (TPSA) is 92.2 Å². The summed E-state index contributed by atoms with van der Waals surface area (Å²) in [5.74, 6) is -1.65. The summed E-state index contributed by atoms with van der Waals surface area (Å²) in [6, 6.07) is 4.89. The second kappa shape index (κ2) is 5.47. The number of nitrogens with one attached hydrogen (secondary N) is 1. The summed E-state index contributed by atoms with van der Waals surface area (Å²) in [5.41, 5.74) is 1.60. The summed E-state index contributed by atoms with van der Waals surface area (Å²) in [6.45, 7) is 0. The minimum Gasteiger partial charge on any atom is -0.481 e. The number of para-hydroxylation sites is 1. The molecule has 1 fully saturated rings. The maximum absolute atomic E-state index is 12.4. The lowest BCUT2D eigenvalue weighted by molar-refractivity contribution is -0.142. The Balaban J connectivity index is 1.86. The van der Waals surface area contributed by atoms with Crippen LogP contribution in [0, 0.1) is 5.92 Å². The Kier molecular flexibility index (Phi) is 3.51. The van der Waals surface area contributed by atoms with Gasteiger partial charge in [-0.05, 0) is 25.0 Å². The van der Waals surface area contributed by atoms with Crippen LogP contribution in [0.15, 0.2) is 30.6 Å². The zero-order valence-corrected chi connectivity index (χ0v) is 11.3. The van der Waals surface area contributed by atoms with Gasteiger partial charge >= 0.3 is 5.97 Å². The number of carboxylic acid groups (broad SMARTS) is 1. The van der Waals surface area contributed by atoms with Crippen molar-refractivity contribution in [2.75, 3.05) is 0 Å². The maximum atomic E-state index is 12.4. The van der Waals surface area contributed by atoms with Crippen molar-refractivity contribution in [1.82, 2.24) is 15.3 Å². The van der Waals surface area contributed by atoms with E-state index in [1.54, 1.807) is 24.4 Å². The fourth-order valence-corrected chi connectivity index (χ4v) is 2.85. The number of benzene rings is 1. The molecule has 1 saturated carbocycles. The normalized spacial score (nSPS) is 21.3. The number of hydrogen-bond acceptors (Lipinski definition) is 4. The van der Waals surface area contributed by atoms with Gasteiger partial charge in [-0.15, -0.1) is 0 Å². The lowest BCUT2D eigenvalue weighted by Crippen LogP contribution is -2.40. The molecule has 2 unspecified atom stereocenters. The van der Waals surface area contributed by atoms with E-state index in [0.29, 0.717) is 29.4 Å². The number of carbonyl (C=O) groups excluding carboxylic acids is 1. The van der Waals surface area contributed by atoms with Crippen LogP contribution in [0.4, 0.5) is 0 Å². The summed E-state index contributed by atoms with van der Waals surface area (Å²) in [7, 11) is 0. The van der Waals surface area contributed by atoms with Crippen LogP contribution < -0.4 is 5.32 Å². The molecule has 0 saturated heterocycles. The number of aliphatic carboxylic acids is 1. The van der Waals surface area contributed by atoms with Gasteiger partial charge in [0.25, 0.3) is 5.91 Å². The van der Waals surface area contributed by atoms with Gasteiger partial charge in [0.05, 0.1) is 17.0 Å². The number of fused-ring (bicyclic) bond motifs is 1. The molecular formula is C15H15N3O3. The first kappa shape index (κ1) is 13.5. The summed E-state index contributed by atoms with van der Waals surface area (Å²) in [4.78, 5) is 31.9. The SMILES string of the molecule is O=C(NC1CCCC1C(=O)O)c1cccc2nccnc12. The highest BCUT2D eigenvalue weighted by Gasteiger charge is 2.34. The fraction of sp³-hybridized carbons (Fsp3) is 0.333. The molecule has 1 aromatic heterocycles. The molecule has 0 aliphatic heterocycles. The van der Waals surface area contributed by atoms with Gasteiger partial charge in [-0.1, -0.05) is 12.5 Å². The summed E-state index contributed by atoms with van der Waals surface area (Å²) in [6.07, 6.45) is 5.22. The van der Waals surface area contributed by atoms with Crippen molar-refractivity contribution in [2.24, 2.45) is 5.92 Å². The number of amides is 1. The van der Waals surface area contributed by atoms with Crippen LogP contribution in [-0.4, -0.2) is 33.0 Å². The van der Waals surface area contributed by atoms with E-state index in [-0.39, 0.29) is 11.9 Å². The van der Waals surface area contributed by atoms with E-state index in [4.69, 9.17) is 5.11 Å². The number of nitrogens with zero attached hydrogens (tertiary/aromatic N) is 2. The summed E-state index contributed by atoms with van der Waals surface area (Å²) < 4.78 is 0. The van der Waals surface area contributed by atoms with E-state index >= 15 is 0 Å². The first-order valence-corrected chi connectivity index (χ1v) is 6.90. The Morgan fingerprint density at radius 1 is 1.19 bits per heavy atom. The molecule has 2 atom stereocenters. The molecule has 2 N–H and O–H groups in total. The Bertz CT molecular complexity index is 696. The lowest BCUT2D eigenvalue weighted by Gasteiger charge is -2.17. The zero-order chi connectivity index (χ0) is 14.8. The molecule has 1 amide bonds. The van der Waals surface area contributed by atoms with E-state index in [1.807, 2.05) is 0 Å². The van der Waals surface area contributed by atoms with Crippen molar-refractivity contribution in [2.45, 2.75) is 25.3 Å². The van der Waals surface area contributed by atoms with Crippen molar-refractivity contribution in [3.8, 4) is 0 Å². The third-order valence-electron chi connectivity index (χ3n) is 3.89. The van der Waals surface area contributed by atoms with Gasteiger partial charge in [-0.25, -0.2) is 0 Å². The molecule has 1 aromatic carbocycles. The highest BCUT2D eigenvalue weighted by Crippen LogP contribution is 2.26.